The molecule has 1 rings (SSSR count). The van der Waals surface area contributed by atoms with Gasteiger partial charge in [-0.1, -0.05) is 0 Å². The maximum absolute atomic E-state index is 5.59. The van der Waals surface area contributed by atoms with Crippen molar-refractivity contribution in [3.8, 4) is 0 Å². The Bertz CT molecular complexity index is 320. The number of furan rings is 1. The fraction of sp³-hybridized carbons (Fsp3) is 0.692. The van der Waals surface area contributed by atoms with Gasteiger partial charge in [-0.15, -0.1) is 0 Å². The van der Waals surface area contributed by atoms with Crippen LogP contribution in [0.3, 0.4) is 0 Å². The summed E-state index contributed by atoms with van der Waals surface area (Å²) in [6.45, 7) is 8.55. The molecule has 0 unspecified atom stereocenters. The van der Waals surface area contributed by atoms with E-state index in [9.17, 15) is 0 Å². The van der Waals surface area contributed by atoms with E-state index >= 15 is 0 Å². The molecule has 1 aromatic heterocycles. The van der Waals surface area contributed by atoms with Crippen LogP contribution in [0.5, 0.6) is 0 Å². The first-order valence-corrected chi connectivity index (χ1v) is 6.05. The van der Waals surface area contributed by atoms with Crippen LogP contribution in [0.15, 0.2) is 10.5 Å². The van der Waals surface area contributed by atoms with E-state index in [1.54, 1.807) is 0 Å². The third kappa shape index (κ3) is 5.35. The molecule has 98 valence electrons. The number of rotatable bonds is 8. The monoisotopic (exact) mass is 241 g/mol. The third-order valence-corrected chi connectivity index (χ3v) is 2.36. The van der Waals surface area contributed by atoms with E-state index in [1.807, 2.05) is 33.9 Å². The van der Waals surface area contributed by atoms with Crippen molar-refractivity contribution < 1.29 is 13.9 Å². The van der Waals surface area contributed by atoms with Gasteiger partial charge in [0.1, 0.15) is 18.1 Å². The largest absolute Gasteiger partial charge is 0.464 e. The topological polar surface area (TPSA) is 43.6 Å². The molecular weight excluding hydrogens is 218 g/mol. The molecule has 0 fully saturated rings. The Morgan fingerprint density at radius 3 is 2.76 bits per heavy atom. The Kier molecular flexibility index (Phi) is 6.26. The van der Waals surface area contributed by atoms with E-state index in [-0.39, 0.29) is 6.10 Å². The van der Waals surface area contributed by atoms with E-state index in [0.29, 0.717) is 19.8 Å². The molecule has 1 aromatic rings. The normalized spacial score (nSPS) is 11.4. The standard InChI is InChI=1S/C13H23NO3/c1-10(2)16-6-5-15-9-13-7-12(8-14-4)11(3)17-13/h7,10,14H,5-6,8-9H2,1-4H3. The van der Waals surface area contributed by atoms with Crippen LogP contribution in [0.1, 0.15) is 30.9 Å². The summed E-state index contributed by atoms with van der Waals surface area (Å²) >= 11 is 0. The van der Waals surface area contributed by atoms with E-state index in [2.05, 4.69) is 5.32 Å². The lowest BCUT2D eigenvalue weighted by Crippen LogP contribution is -2.09. The van der Waals surface area contributed by atoms with Crippen molar-refractivity contribution in [2.75, 3.05) is 20.3 Å². The summed E-state index contributed by atoms with van der Waals surface area (Å²) in [5, 5.41) is 3.11. The molecule has 0 aliphatic carbocycles. The average molecular weight is 241 g/mol. The minimum absolute atomic E-state index is 0.256. The van der Waals surface area contributed by atoms with Crippen molar-refractivity contribution >= 4 is 0 Å². The number of hydrogen-bond donors (Lipinski definition) is 1. The van der Waals surface area contributed by atoms with E-state index in [1.165, 1.54) is 5.56 Å². The fourth-order valence-corrected chi connectivity index (χ4v) is 1.54. The number of hydrogen-bond acceptors (Lipinski definition) is 4. The molecule has 0 bridgehead atoms. The van der Waals surface area contributed by atoms with Gasteiger partial charge in [0.15, 0.2) is 0 Å². The SMILES string of the molecule is CNCc1cc(COCCOC(C)C)oc1C. The van der Waals surface area contributed by atoms with Crippen LogP contribution < -0.4 is 5.32 Å². The third-order valence-electron chi connectivity index (χ3n) is 2.36. The van der Waals surface area contributed by atoms with E-state index in [0.717, 1.165) is 18.1 Å². The number of aryl methyl sites for hydroxylation is 1. The zero-order valence-electron chi connectivity index (χ0n) is 11.2. The maximum Gasteiger partial charge on any atom is 0.130 e. The lowest BCUT2D eigenvalue weighted by atomic mass is 10.2. The first kappa shape index (κ1) is 14.2. The summed E-state index contributed by atoms with van der Waals surface area (Å²) in [5.74, 6) is 1.83. The van der Waals surface area contributed by atoms with Crippen LogP contribution in [0.4, 0.5) is 0 Å². The second-order valence-corrected chi connectivity index (χ2v) is 4.30. The molecule has 1 N–H and O–H groups in total. The highest BCUT2D eigenvalue weighted by Crippen LogP contribution is 2.15. The molecule has 0 saturated heterocycles. The van der Waals surface area contributed by atoms with Gasteiger partial charge in [-0.2, -0.15) is 0 Å². The smallest absolute Gasteiger partial charge is 0.130 e. The van der Waals surface area contributed by atoms with Crippen molar-refractivity contribution in [3.63, 3.8) is 0 Å². The van der Waals surface area contributed by atoms with Gasteiger partial charge in [0.25, 0.3) is 0 Å². The Balaban J connectivity index is 2.25. The van der Waals surface area contributed by atoms with Crippen LogP contribution in [0, 0.1) is 6.92 Å². The van der Waals surface area contributed by atoms with Gasteiger partial charge >= 0.3 is 0 Å². The molecule has 4 heteroatoms. The molecule has 0 radical (unpaired) electrons. The van der Waals surface area contributed by atoms with Gasteiger partial charge in [0, 0.05) is 12.1 Å². The van der Waals surface area contributed by atoms with Crippen molar-refractivity contribution in [1.29, 1.82) is 0 Å². The minimum atomic E-state index is 0.256. The predicted octanol–water partition coefficient (Wildman–Crippen LogP) is 2.25. The summed E-state index contributed by atoms with van der Waals surface area (Å²) in [6, 6.07) is 2.04. The maximum atomic E-state index is 5.59. The quantitative estimate of drug-likeness (QED) is 0.709. The van der Waals surface area contributed by atoms with E-state index in [4.69, 9.17) is 13.9 Å². The highest BCUT2D eigenvalue weighted by Gasteiger charge is 2.06. The summed E-state index contributed by atoms with van der Waals surface area (Å²) < 4.78 is 16.4. The molecule has 0 spiro atoms. The van der Waals surface area contributed by atoms with E-state index < -0.39 is 0 Å². The van der Waals surface area contributed by atoms with Crippen molar-refractivity contribution in [2.45, 2.75) is 40.0 Å². The highest BCUT2D eigenvalue weighted by molar-refractivity contribution is 5.20. The average Bonchev–Trinajstić information content (AvgIpc) is 2.59. The first-order chi connectivity index (χ1) is 8.13. The molecule has 0 aromatic carbocycles. The zero-order valence-corrected chi connectivity index (χ0v) is 11.2. The van der Waals surface area contributed by atoms with Gasteiger partial charge in [0.05, 0.1) is 19.3 Å². The molecular formula is C13H23NO3. The number of nitrogens with one attached hydrogen (secondary N) is 1. The lowest BCUT2D eigenvalue weighted by Gasteiger charge is -2.06. The molecule has 1 heterocycles. The fourth-order valence-electron chi connectivity index (χ4n) is 1.54. The molecule has 0 atom stereocenters. The molecule has 17 heavy (non-hydrogen) atoms. The van der Waals surface area contributed by atoms with Gasteiger partial charge in [0.2, 0.25) is 0 Å². The second-order valence-electron chi connectivity index (χ2n) is 4.30. The Hall–Kier alpha value is -0.840. The Morgan fingerprint density at radius 1 is 1.35 bits per heavy atom. The summed E-state index contributed by atoms with van der Waals surface area (Å²) in [4.78, 5) is 0. The first-order valence-electron chi connectivity index (χ1n) is 6.05. The van der Waals surface area contributed by atoms with Gasteiger partial charge in [-0.05, 0) is 33.9 Å². The van der Waals surface area contributed by atoms with Gasteiger partial charge in [-0.25, -0.2) is 0 Å². The molecule has 0 aliphatic heterocycles. The second kappa shape index (κ2) is 7.48. The van der Waals surface area contributed by atoms with Gasteiger partial charge in [-0.3, -0.25) is 0 Å². The molecule has 0 saturated carbocycles. The Labute approximate surface area is 103 Å². The van der Waals surface area contributed by atoms with Crippen LogP contribution in [-0.2, 0) is 22.6 Å². The van der Waals surface area contributed by atoms with Crippen molar-refractivity contribution in [3.05, 3.63) is 23.2 Å². The highest BCUT2D eigenvalue weighted by atomic mass is 16.5. The van der Waals surface area contributed by atoms with Crippen molar-refractivity contribution in [1.82, 2.24) is 5.32 Å². The van der Waals surface area contributed by atoms with Crippen LogP contribution in [0.25, 0.3) is 0 Å². The zero-order chi connectivity index (χ0) is 12.7. The summed E-state index contributed by atoms with van der Waals surface area (Å²) in [7, 11) is 1.92. The summed E-state index contributed by atoms with van der Waals surface area (Å²) in [6.07, 6.45) is 0.256. The van der Waals surface area contributed by atoms with Crippen LogP contribution in [-0.4, -0.2) is 26.4 Å². The van der Waals surface area contributed by atoms with Crippen LogP contribution in [0.2, 0.25) is 0 Å². The van der Waals surface area contributed by atoms with Crippen LogP contribution >= 0.6 is 0 Å². The molecule has 4 nitrogen and oxygen atoms in total. The lowest BCUT2D eigenvalue weighted by molar-refractivity contribution is 0.0102. The summed E-state index contributed by atoms with van der Waals surface area (Å²) in [5.41, 5.74) is 1.18. The number of ether oxygens (including phenoxy) is 2. The van der Waals surface area contributed by atoms with Gasteiger partial charge < -0.3 is 19.2 Å². The predicted molar refractivity (Wildman–Crippen MR) is 67.0 cm³/mol. The molecule has 0 aliphatic rings. The van der Waals surface area contributed by atoms with Crippen molar-refractivity contribution in [2.24, 2.45) is 0 Å². The minimum Gasteiger partial charge on any atom is -0.464 e. The molecule has 0 amide bonds. The Morgan fingerprint density at radius 2 is 2.12 bits per heavy atom.